The van der Waals surface area contributed by atoms with Crippen molar-refractivity contribution in [3.8, 4) is 0 Å². The summed E-state index contributed by atoms with van der Waals surface area (Å²) in [7, 11) is 0. The Kier molecular flexibility index (Phi) is 4.08. The zero-order valence-corrected chi connectivity index (χ0v) is 12.3. The normalized spacial score (nSPS) is 16.0. The highest BCUT2D eigenvalue weighted by molar-refractivity contribution is 5.95. The van der Waals surface area contributed by atoms with Gasteiger partial charge in [0.15, 0.2) is 5.78 Å². The number of Topliss-reactive ketones (excluding diaryl/α,β-unsaturated/α-hetero) is 1. The third-order valence-corrected chi connectivity index (χ3v) is 4.02. The van der Waals surface area contributed by atoms with E-state index in [2.05, 4.69) is 15.1 Å². The van der Waals surface area contributed by atoms with Crippen LogP contribution in [0.2, 0.25) is 0 Å². The van der Waals surface area contributed by atoms with Gasteiger partial charge in [-0.05, 0) is 31.9 Å². The molecule has 5 heteroatoms. The molecule has 0 unspecified atom stereocenters. The van der Waals surface area contributed by atoms with Crippen molar-refractivity contribution in [2.24, 2.45) is 0 Å². The highest BCUT2D eigenvalue weighted by Crippen LogP contribution is 2.27. The summed E-state index contributed by atoms with van der Waals surface area (Å²) in [6.45, 7) is 1.79. The van der Waals surface area contributed by atoms with E-state index in [0.717, 1.165) is 5.69 Å². The van der Waals surface area contributed by atoms with Gasteiger partial charge >= 0.3 is 0 Å². The number of hydrogen-bond donors (Lipinski definition) is 0. The first-order valence-electron chi connectivity index (χ1n) is 7.59. The van der Waals surface area contributed by atoms with Gasteiger partial charge in [-0.2, -0.15) is 5.10 Å². The van der Waals surface area contributed by atoms with Gasteiger partial charge < -0.3 is 0 Å². The van der Waals surface area contributed by atoms with Gasteiger partial charge in [0, 0.05) is 12.4 Å². The van der Waals surface area contributed by atoms with E-state index in [9.17, 15) is 4.79 Å². The third-order valence-electron chi connectivity index (χ3n) is 4.02. The summed E-state index contributed by atoms with van der Waals surface area (Å²) < 4.78 is 2.03. The van der Waals surface area contributed by atoms with E-state index in [1.807, 2.05) is 16.9 Å². The number of carbonyl (C=O) groups excluding carboxylic acids is 1. The van der Waals surface area contributed by atoms with E-state index in [-0.39, 0.29) is 5.78 Å². The monoisotopic (exact) mass is 284 g/mol. The van der Waals surface area contributed by atoms with Crippen LogP contribution in [0.25, 0.3) is 0 Å². The molecule has 5 nitrogen and oxygen atoms in total. The van der Waals surface area contributed by atoms with E-state index >= 15 is 0 Å². The van der Waals surface area contributed by atoms with E-state index in [4.69, 9.17) is 0 Å². The van der Waals surface area contributed by atoms with Crippen LogP contribution in [0.5, 0.6) is 0 Å². The lowest BCUT2D eigenvalue weighted by Crippen LogP contribution is -2.14. The topological polar surface area (TPSA) is 60.7 Å². The van der Waals surface area contributed by atoms with Gasteiger partial charge in [0.25, 0.3) is 0 Å². The summed E-state index contributed by atoms with van der Waals surface area (Å²) in [5, 5.41) is 4.57. The molecule has 0 aromatic carbocycles. The maximum absolute atomic E-state index is 12.2. The average Bonchev–Trinajstić information content (AvgIpc) is 2.97. The molecule has 2 aromatic rings. The fraction of sp³-hybridized carbons (Fsp3) is 0.500. The van der Waals surface area contributed by atoms with Gasteiger partial charge in [-0.3, -0.25) is 9.48 Å². The molecule has 0 N–H and O–H groups in total. The molecule has 1 saturated carbocycles. The van der Waals surface area contributed by atoms with Gasteiger partial charge in [-0.25, -0.2) is 9.97 Å². The average molecular weight is 284 g/mol. The lowest BCUT2D eigenvalue weighted by Gasteiger charge is -2.21. The first-order chi connectivity index (χ1) is 10.2. The van der Waals surface area contributed by atoms with Crippen LogP contribution in [0, 0.1) is 6.92 Å². The summed E-state index contributed by atoms with van der Waals surface area (Å²) in [6.07, 6.45) is 10.2. The van der Waals surface area contributed by atoms with E-state index in [0.29, 0.717) is 24.0 Å². The maximum atomic E-state index is 12.2. The molecule has 1 aliphatic rings. The molecule has 0 aliphatic heterocycles. The van der Waals surface area contributed by atoms with Crippen molar-refractivity contribution in [3.05, 3.63) is 41.7 Å². The van der Waals surface area contributed by atoms with Crippen molar-refractivity contribution in [2.45, 2.75) is 51.5 Å². The largest absolute Gasteiger partial charge is 0.292 e. The molecule has 2 heterocycles. The van der Waals surface area contributed by atoms with E-state index in [1.54, 1.807) is 19.2 Å². The molecular weight excluding hydrogens is 264 g/mol. The first kappa shape index (κ1) is 13.9. The summed E-state index contributed by atoms with van der Waals surface area (Å²) in [5.74, 6) is 0.614. The molecule has 0 spiro atoms. The number of nitrogens with zero attached hydrogens (tertiary/aromatic N) is 4. The summed E-state index contributed by atoms with van der Waals surface area (Å²) >= 11 is 0. The predicted octanol–water partition coefficient (Wildman–Crippen LogP) is 2.91. The number of aryl methyl sites for hydroxylation is 1. The zero-order chi connectivity index (χ0) is 14.7. The van der Waals surface area contributed by atoms with E-state index < -0.39 is 0 Å². The van der Waals surface area contributed by atoms with Crippen LogP contribution in [0.4, 0.5) is 0 Å². The zero-order valence-electron chi connectivity index (χ0n) is 12.3. The van der Waals surface area contributed by atoms with Crippen LogP contribution in [0.15, 0.2) is 24.5 Å². The van der Waals surface area contributed by atoms with Gasteiger partial charge in [0.2, 0.25) is 0 Å². The van der Waals surface area contributed by atoms with Gasteiger partial charge in [-0.15, -0.1) is 0 Å². The Morgan fingerprint density at radius 1 is 1.29 bits per heavy atom. The Hall–Kier alpha value is -2.04. The lowest BCUT2D eigenvalue weighted by molar-refractivity contribution is 0.0986. The van der Waals surface area contributed by atoms with Crippen molar-refractivity contribution < 1.29 is 4.79 Å². The van der Waals surface area contributed by atoms with Crippen LogP contribution in [-0.4, -0.2) is 25.5 Å². The summed E-state index contributed by atoms with van der Waals surface area (Å²) in [4.78, 5) is 20.4. The SMILES string of the molecule is Cc1nccc(C(=O)Cc2ccn(C3CCCCC3)n2)n1. The van der Waals surface area contributed by atoms with Crippen molar-refractivity contribution in [1.29, 1.82) is 0 Å². The molecule has 21 heavy (non-hydrogen) atoms. The Balaban J connectivity index is 1.68. The lowest BCUT2D eigenvalue weighted by atomic mass is 9.96. The number of ketones is 1. The minimum atomic E-state index is -0.00519. The van der Waals surface area contributed by atoms with Crippen LogP contribution < -0.4 is 0 Å². The number of aromatic nitrogens is 4. The van der Waals surface area contributed by atoms with Gasteiger partial charge in [0.05, 0.1) is 18.2 Å². The molecule has 110 valence electrons. The second-order valence-electron chi connectivity index (χ2n) is 5.67. The smallest absolute Gasteiger partial charge is 0.187 e. The molecule has 1 fully saturated rings. The van der Waals surface area contributed by atoms with Crippen molar-refractivity contribution in [1.82, 2.24) is 19.7 Å². The fourth-order valence-electron chi connectivity index (χ4n) is 2.89. The second kappa shape index (κ2) is 6.16. The molecule has 0 saturated heterocycles. The Bertz CT molecular complexity index is 629. The maximum Gasteiger partial charge on any atom is 0.187 e. The van der Waals surface area contributed by atoms with Crippen LogP contribution in [0.3, 0.4) is 0 Å². The fourth-order valence-corrected chi connectivity index (χ4v) is 2.89. The van der Waals surface area contributed by atoms with E-state index in [1.165, 1.54) is 32.1 Å². The summed E-state index contributed by atoms with van der Waals surface area (Å²) in [6, 6.07) is 4.11. The molecular formula is C16H20N4O. The summed E-state index contributed by atoms with van der Waals surface area (Å²) in [5.41, 5.74) is 1.29. The third kappa shape index (κ3) is 3.35. The minimum Gasteiger partial charge on any atom is -0.292 e. The van der Waals surface area contributed by atoms with Crippen LogP contribution >= 0.6 is 0 Å². The molecule has 3 rings (SSSR count). The van der Waals surface area contributed by atoms with Crippen molar-refractivity contribution in [3.63, 3.8) is 0 Å². The molecule has 2 aromatic heterocycles. The standard InChI is InChI=1S/C16H20N4O/c1-12-17-9-7-15(18-12)16(21)11-13-8-10-20(19-13)14-5-3-2-4-6-14/h7-10,14H,2-6,11H2,1H3. The van der Waals surface area contributed by atoms with Crippen LogP contribution in [-0.2, 0) is 6.42 Å². The second-order valence-corrected chi connectivity index (χ2v) is 5.67. The van der Waals surface area contributed by atoms with Gasteiger partial charge in [-0.1, -0.05) is 19.3 Å². The Morgan fingerprint density at radius 3 is 2.86 bits per heavy atom. The molecule has 0 amide bonds. The minimum absolute atomic E-state index is 0.00519. The number of carbonyl (C=O) groups is 1. The number of hydrogen-bond acceptors (Lipinski definition) is 4. The van der Waals surface area contributed by atoms with Gasteiger partial charge in [0.1, 0.15) is 11.5 Å². The Labute approximate surface area is 124 Å². The molecule has 0 radical (unpaired) electrons. The highest BCUT2D eigenvalue weighted by Gasteiger charge is 2.17. The molecule has 0 atom stereocenters. The first-order valence-corrected chi connectivity index (χ1v) is 7.59. The molecule has 1 aliphatic carbocycles. The van der Waals surface area contributed by atoms with Crippen LogP contribution in [0.1, 0.15) is 60.2 Å². The van der Waals surface area contributed by atoms with Crippen molar-refractivity contribution >= 4 is 5.78 Å². The molecule has 0 bridgehead atoms. The van der Waals surface area contributed by atoms with Crippen molar-refractivity contribution in [2.75, 3.05) is 0 Å². The predicted molar refractivity (Wildman–Crippen MR) is 79.2 cm³/mol. The number of rotatable bonds is 4. The highest BCUT2D eigenvalue weighted by atomic mass is 16.1. The Morgan fingerprint density at radius 2 is 2.10 bits per heavy atom. The quantitative estimate of drug-likeness (QED) is 0.810.